The Kier molecular flexibility index (Phi) is 4.50. The molecular weight excluding hydrogens is 326 g/mol. The fourth-order valence-electron chi connectivity index (χ4n) is 3.19. The minimum absolute atomic E-state index is 0.142. The monoisotopic (exact) mass is 349 g/mol. The van der Waals surface area contributed by atoms with Crippen molar-refractivity contribution >= 4 is 10.0 Å². The van der Waals surface area contributed by atoms with Crippen LogP contribution >= 0.6 is 0 Å². The molecule has 1 aliphatic heterocycles. The van der Waals surface area contributed by atoms with Gasteiger partial charge in [-0.25, -0.2) is 8.42 Å². The van der Waals surface area contributed by atoms with Gasteiger partial charge in [0.05, 0.1) is 24.1 Å². The van der Waals surface area contributed by atoms with E-state index in [1.54, 1.807) is 32.6 Å². The number of aromatic nitrogens is 2. The number of fused-ring (bicyclic) bond motifs is 1. The first-order valence-corrected chi connectivity index (χ1v) is 9.39. The molecule has 0 radical (unpaired) electrons. The SMILES string of the molecule is Cc1nn(C)c(C)c1S(=O)(=O)N(C)C[C@H]1Cc2ccccc2CO1. The van der Waals surface area contributed by atoms with Gasteiger partial charge in [0.1, 0.15) is 4.90 Å². The number of hydrogen-bond donors (Lipinski definition) is 0. The van der Waals surface area contributed by atoms with Crippen LogP contribution in [-0.4, -0.2) is 42.2 Å². The van der Waals surface area contributed by atoms with Crippen LogP contribution in [0.15, 0.2) is 29.2 Å². The van der Waals surface area contributed by atoms with Gasteiger partial charge in [0, 0.05) is 27.1 Å². The molecule has 3 rings (SSSR count). The van der Waals surface area contributed by atoms with Crippen molar-refractivity contribution in [3.05, 3.63) is 46.8 Å². The topological polar surface area (TPSA) is 64.4 Å². The molecule has 130 valence electrons. The lowest BCUT2D eigenvalue weighted by molar-refractivity contribution is 0.0202. The Labute approximate surface area is 143 Å². The van der Waals surface area contributed by atoms with Gasteiger partial charge in [-0.05, 0) is 25.0 Å². The number of likely N-dealkylation sites (N-methyl/N-ethyl adjacent to an activating group) is 1. The largest absolute Gasteiger partial charge is 0.372 e. The molecule has 0 fully saturated rings. The minimum atomic E-state index is -3.59. The molecule has 24 heavy (non-hydrogen) atoms. The molecule has 1 aromatic carbocycles. The normalized spacial score (nSPS) is 18.0. The molecule has 2 heterocycles. The van der Waals surface area contributed by atoms with Crippen molar-refractivity contribution in [1.29, 1.82) is 0 Å². The van der Waals surface area contributed by atoms with Crippen molar-refractivity contribution in [2.24, 2.45) is 7.05 Å². The maximum Gasteiger partial charge on any atom is 0.246 e. The van der Waals surface area contributed by atoms with Crippen molar-refractivity contribution in [3.63, 3.8) is 0 Å². The van der Waals surface area contributed by atoms with E-state index in [0.29, 0.717) is 29.4 Å². The molecule has 1 atom stereocenters. The van der Waals surface area contributed by atoms with Crippen molar-refractivity contribution < 1.29 is 13.2 Å². The maximum absolute atomic E-state index is 12.9. The number of nitrogens with zero attached hydrogens (tertiary/aromatic N) is 3. The summed E-state index contributed by atoms with van der Waals surface area (Å²) in [5.74, 6) is 0. The highest BCUT2D eigenvalue weighted by Crippen LogP contribution is 2.25. The molecule has 2 aromatic rings. The van der Waals surface area contributed by atoms with Gasteiger partial charge in [-0.1, -0.05) is 24.3 Å². The first-order valence-electron chi connectivity index (χ1n) is 7.95. The number of benzene rings is 1. The van der Waals surface area contributed by atoms with Crippen molar-refractivity contribution in [3.8, 4) is 0 Å². The van der Waals surface area contributed by atoms with Gasteiger partial charge in [0.15, 0.2) is 0 Å². The van der Waals surface area contributed by atoms with Gasteiger partial charge in [-0.3, -0.25) is 4.68 Å². The van der Waals surface area contributed by atoms with Crippen LogP contribution in [0.2, 0.25) is 0 Å². The van der Waals surface area contributed by atoms with E-state index in [4.69, 9.17) is 4.74 Å². The molecule has 0 unspecified atom stereocenters. The van der Waals surface area contributed by atoms with Crippen LogP contribution < -0.4 is 0 Å². The number of sulfonamides is 1. The predicted molar refractivity (Wildman–Crippen MR) is 91.2 cm³/mol. The summed E-state index contributed by atoms with van der Waals surface area (Å²) in [4.78, 5) is 0.295. The lowest BCUT2D eigenvalue weighted by Gasteiger charge is -2.28. The Morgan fingerprint density at radius 2 is 1.96 bits per heavy atom. The van der Waals surface area contributed by atoms with Gasteiger partial charge < -0.3 is 4.74 Å². The number of ether oxygens (including phenoxy) is 1. The summed E-state index contributed by atoms with van der Waals surface area (Å²) in [6.07, 6.45) is 0.582. The second kappa shape index (κ2) is 6.31. The average Bonchev–Trinajstić information content (AvgIpc) is 2.80. The molecule has 0 aliphatic carbocycles. The zero-order chi connectivity index (χ0) is 17.5. The summed E-state index contributed by atoms with van der Waals surface area (Å²) in [6, 6.07) is 8.13. The lowest BCUT2D eigenvalue weighted by Crippen LogP contribution is -2.38. The van der Waals surface area contributed by atoms with E-state index in [1.165, 1.54) is 15.4 Å². The Balaban J connectivity index is 1.79. The standard InChI is InChI=1S/C17H23N3O3S/c1-12-17(13(2)20(4)18-12)24(21,22)19(3)10-16-9-14-7-5-6-8-15(14)11-23-16/h5-8,16H,9-11H2,1-4H3/t16-/m1/s1. The summed E-state index contributed by atoms with van der Waals surface area (Å²) in [6.45, 7) is 4.35. The highest BCUT2D eigenvalue weighted by atomic mass is 32.2. The summed E-state index contributed by atoms with van der Waals surface area (Å²) >= 11 is 0. The molecule has 0 bridgehead atoms. The molecule has 1 aromatic heterocycles. The van der Waals surface area contributed by atoms with E-state index in [0.717, 1.165) is 6.42 Å². The van der Waals surface area contributed by atoms with E-state index < -0.39 is 10.0 Å². The molecule has 0 saturated carbocycles. The van der Waals surface area contributed by atoms with Crippen LogP contribution in [0.1, 0.15) is 22.5 Å². The van der Waals surface area contributed by atoms with Crippen molar-refractivity contribution in [2.45, 2.75) is 37.9 Å². The van der Waals surface area contributed by atoms with E-state index in [2.05, 4.69) is 11.2 Å². The van der Waals surface area contributed by atoms with Crippen molar-refractivity contribution in [2.75, 3.05) is 13.6 Å². The van der Waals surface area contributed by atoms with Gasteiger partial charge in [-0.2, -0.15) is 9.40 Å². The van der Waals surface area contributed by atoms with Crippen LogP contribution in [0.5, 0.6) is 0 Å². The van der Waals surface area contributed by atoms with E-state index in [1.807, 2.05) is 18.2 Å². The number of aryl methyl sites for hydroxylation is 2. The number of rotatable bonds is 4. The van der Waals surface area contributed by atoms with Crippen molar-refractivity contribution in [1.82, 2.24) is 14.1 Å². The molecule has 0 saturated heterocycles. The quantitative estimate of drug-likeness (QED) is 0.844. The van der Waals surface area contributed by atoms with Crippen LogP contribution in [0.3, 0.4) is 0 Å². The van der Waals surface area contributed by atoms with Gasteiger partial charge in [-0.15, -0.1) is 0 Å². The van der Waals surface area contributed by atoms with Crippen LogP contribution in [0.25, 0.3) is 0 Å². The third kappa shape index (κ3) is 2.99. The molecule has 1 aliphatic rings. The highest BCUT2D eigenvalue weighted by molar-refractivity contribution is 7.89. The smallest absolute Gasteiger partial charge is 0.246 e. The molecule has 7 heteroatoms. The van der Waals surface area contributed by atoms with E-state index in [-0.39, 0.29) is 6.10 Å². The lowest BCUT2D eigenvalue weighted by atomic mass is 9.99. The van der Waals surface area contributed by atoms with Gasteiger partial charge >= 0.3 is 0 Å². The second-order valence-corrected chi connectivity index (χ2v) is 8.30. The first-order chi connectivity index (χ1) is 11.3. The maximum atomic E-state index is 12.9. The zero-order valence-electron chi connectivity index (χ0n) is 14.5. The summed E-state index contributed by atoms with van der Waals surface area (Å²) in [5.41, 5.74) is 3.58. The third-order valence-electron chi connectivity index (χ3n) is 4.61. The summed E-state index contributed by atoms with van der Waals surface area (Å²) < 4.78 is 34.7. The van der Waals surface area contributed by atoms with E-state index >= 15 is 0 Å². The Morgan fingerprint density at radius 1 is 1.29 bits per heavy atom. The fraction of sp³-hybridized carbons (Fsp3) is 0.471. The van der Waals surface area contributed by atoms with Crippen LogP contribution in [0, 0.1) is 13.8 Å². The fourth-order valence-corrected chi connectivity index (χ4v) is 4.79. The summed E-state index contributed by atoms with van der Waals surface area (Å²) in [7, 11) is -0.231. The summed E-state index contributed by atoms with van der Waals surface area (Å²) in [5, 5.41) is 4.22. The highest BCUT2D eigenvalue weighted by Gasteiger charge is 2.31. The average molecular weight is 349 g/mol. The van der Waals surface area contributed by atoms with Crippen LogP contribution in [-0.2, 0) is 34.8 Å². The Morgan fingerprint density at radius 3 is 2.58 bits per heavy atom. The van der Waals surface area contributed by atoms with Gasteiger partial charge in [0.25, 0.3) is 0 Å². The van der Waals surface area contributed by atoms with Crippen LogP contribution in [0.4, 0.5) is 0 Å². The zero-order valence-corrected chi connectivity index (χ0v) is 15.3. The van der Waals surface area contributed by atoms with E-state index in [9.17, 15) is 8.42 Å². The Hall–Kier alpha value is -1.70. The van der Waals surface area contributed by atoms with Gasteiger partial charge in [0.2, 0.25) is 10.0 Å². The third-order valence-corrected chi connectivity index (χ3v) is 6.69. The molecule has 0 amide bonds. The molecular formula is C17H23N3O3S. The number of hydrogen-bond acceptors (Lipinski definition) is 4. The molecule has 6 nitrogen and oxygen atoms in total. The predicted octanol–water partition coefficient (Wildman–Crippen LogP) is 1.80. The molecule has 0 spiro atoms. The molecule has 0 N–H and O–H groups in total. The Bertz CT molecular complexity index is 858. The minimum Gasteiger partial charge on any atom is -0.372 e. The first kappa shape index (κ1) is 17.1. The second-order valence-electron chi connectivity index (χ2n) is 6.31.